The zero-order valence-electron chi connectivity index (χ0n) is 11.3. The molecule has 1 aromatic carbocycles. The fourth-order valence-corrected chi connectivity index (χ4v) is 3.02. The predicted molar refractivity (Wildman–Crippen MR) is 85.4 cm³/mol. The number of hydrogen-bond donors (Lipinski definition) is 2. The van der Waals surface area contributed by atoms with Crippen LogP contribution in [0, 0.1) is 0 Å². The van der Waals surface area contributed by atoms with Crippen molar-refractivity contribution in [3.05, 3.63) is 40.9 Å². The minimum atomic E-state index is 0.165. The largest absolute Gasteiger partial charge is 0.271 e. The van der Waals surface area contributed by atoms with Crippen LogP contribution in [0.3, 0.4) is 0 Å². The average molecular weight is 356 g/mol. The second-order valence-corrected chi connectivity index (χ2v) is 6.33. The van der Waals surface area contributed by atoms with E-state index >= 15 is 0 Å². The standard InChI is InChI=1S/C13H18BrN5S/c1-2-19-13(16-9-17-19)7-11(18-15)8-20-12-5-3-10(14)4-6-12/h3-6,9,11,18H,2,7-8,15H2,1H3. The Hall–Kier alpha value is -0.890. The topological polar surface area (TPSA) is 68.8 Å². The SMILES string of the molecule is CCn1ncnc1CC(CSc1ccc(Br)cc1)NN. The van der Waals surface area contributed by atoms with Crippen molar-refractivity contribution >= 4 is 27.7 Å². The van der Waals surface area contributed by atoms with Crippen molar-refractivity contribution < 1.29 is 0 Å². The molecule has 108 valence electrons. The fourth-order valence-electron chi connectivity index (χ4n) is 1.82. The summed E-state index contributed by atoms with van der Waals surface area (Å²) in [6, 6.07) is 8.44. The van der Waals surface area contributed by atoms with Gasteiger partial charge in [-0.05, 0) is 31.2 Å². The van der Waals surface area contributed by atoms with Gasteiger partial charge in [-0.25, -0.2) is 4.98 Å². The van der Waals surface area contributed by atoms with Gasteiger partial charge in [0, 0.05) is 34.1 Å². The summed E-state index contributed by atoms with van der Waals surface area (Å²) in [6.45, 7) is 2.88. The normalized spacial score (nSPS) is 12.6. The summed E-state index contributed by atoms with van der Waals surface area (Å²) < 4.78 is 2.99. The summed E-state index contributed by atoms with van der Waals surface area (Å²) in [5, 5.41) is 4.17. The monoisotopic (exact) mass is 355 g/mol. The van der Waals surface area contributed by atoms with Crippen LogP contribution in [0.1, 0.15) is 12.7 Å². The number of aryl methyl sites for hydroxylation is 1. The Balaban J connectivity index is 1.90. The second kappa shape index (κ2) is 7.78. The van der Waals surface area contributed by atoms with Gasteiger partial charge >= 0.3 is 0 Å². The van der Waals surface area contributed by atoms with Gasteiger partial charge in [0.15, 0.2) is 0 Å². The van der Waals surface area contributed by atoms with Crippen molar-refractivity contribution in [2.75, 3.05) is 5.75 Å². The lowest BCUT2D eigenvalue weighted by Gasteiger charge is -2.15. The Labute approximate surface area is 131 Å². The molecule has 1 heterocycles. The molecule has 0 aliphatic carbocycles. The number of nitrogens with zero attached hydrogens (tertiary/aromatic N) is 3. The third kappa shape index (κ3) is 4.31. The summed E-state index contributed by atoms with van der Waals surface area (Å²) in [7, 11) is 0. The van der Waals surface area contributed by atoms with E-state index in [9.17, 15) is 0 Å². The highest BCUT2D eigenvalue weighted by atomic mass is 79.9. The van der Waals surface area contributed by atoms with Gasteiger partial charge in [0.25, 0.3) is 0 Å². The van der Waals surface area contributed by atoms with Crippen LogP contribution in [0.15, 0.2) is 40.0 Å². The highest BCUT2D eigenvalue weighted by Crippen LogP contribution is 2.21. The van der Waals surface area contributed by atoms with Crippen molar-refractivity contribution in [3.8, 4) is 0 Å². The van der Waals surface area contributed by atoms with Crippen LogP contribution in [0.4, 0.5) is 0 Å². The van der Waals surface area contributed by atoms with Crippen LogP contribution in [-0.4, -0.2) is 26.6 Å². The molecule has 1 unspecified atom stereocenters. The zero-order valence-corrected chi connectivity index (χ0v) is 13.7. The highest BCUT2D eigenvalue weighted by molar-refractivity contribution is 9.10. The van der Waals surface area contributed by atoms with E-state index in [1.807, 2.05) is 16.8 Å². The molecule has 0 aliphatic heterocycles. The Bertz CT molecular complexity index is 528. The van der Waals surface area contributed by atoms with Crippen molar-refractivity contribution in [2.24, 2.45) is 5.84 Å². The maximum Gasteiger partial charge on any atom is 0.138 e. The van der Waals surface area contributed by atoms with E-state index in [4.69, 9.17) is 5.84 Å². The first-order chi connectivity index (χ1) is 9.72. The van der Waals surface area contributed by atoms with Gasteiger partial charge in [0.05, 0.1) is 0 Å². The number of nitrogens with two attached hydrogens (primary N) is 1. The number of benzene rings is 1. The number of halogens is 1. The first-order valence-corrected chi connectivity index (χ1v) is 8.22. The lowest BCUT2D eigenvalue weighted by atomic mass is 10.2. The third-order valence-corrected chi connectivity index (χ3v) is 4.63. The van der Waals surface area contributed by atoms with Crippen molar-refractivity contribution in [3.63, 3.8) is 0 Å². The average Bonchev–Trinajstić information content (AvgIpc) is 2.92. The summed E-state index contributed by atoms with van der Waals surface area (Å²) in [6.07, 6.45) is 2.36. The van der Waals surface area contributed by atoms with E-state index in [2.05, 4.69) is 50.5 Å². The number of thioether (sulfide) groups is 1. The van der Waals surface area contributed by atoms with E-state index in [1.54, 1.807) is 18.1 Å². The van der Waals surface area contributed by atoms with Crippen molar-refractivity contribution in [1.82, 2.24) is 20.2 Å². The van der Waals surface area contributed by atoms with Gasteiger partial charge in [0.2, 0.25) is 0 Å². The van der Waals surface area contributed by atoms with Gasteiger partial charge in [-0.2, -0.15) is 5.10 Å². The van der Waals surface area contributed by atoms with Crippen LogP contribution in [-0.2, 0) is 13.0 Å². The zero-order chi connectivity index (χ0) is 14.4. The molecule has 0 saturated heterocycles. The predicted octanol–water partition coefficient (Wildman–Crippen LogP) is 2.23. The molecule has 2 aromatic rings. The quantitative estimate of drug-likeness (QED) is 0.452. The summed E-state index contributed by atoms with van der Waals surface area (Å²) in [5.41, 5.74) is 2.86. The summed E-state index contributed by atoms with van der Waals surface area (Å²) >= 11 is 5.21. The Morgan fingerprint density at radius 2 is 2.15 bits per heavy atom. The number of hydrazine groups is 1. The molecular weight excluding hydrogens is 338 g/mol. The fraction of sp³-hybridized carbons (Fsp3) is 0.385. The molecule has 7 heteroatoms. The second-order valence-electron chi connectivity index (χ2n) is 4.32. The van der Waals surface area contributed by atoms with Gasteiger partial charge in [0.1, 0.15) is 12.2 Å². The van der Waals surface area contributed by atoms with Gasteiger partial charge in [-0.1, -0.05) is 15.9 Å². The molecule has 0 aliphatic rings. The number of aromatic nitrogens is 3. The molecule has 0 bridgehead atoms. The maximum atomic E-state index is 5.64. The highest BCUT2D eigenvalue weighted by Gasteiger charge is 2.12. The molecule has 0 radical (unpaired) electrons. The number of hydrogen-bond acceptors (Lipinski definition) is 5. The van der Waals surface area contributed by atoms with E-state index in [1.165, 1.54) is 4.90 Å². The number of nitrogens with one attached hydrogen (secondary N) is 1. The Morgan fingerprint density at radius 3 is 2.80 bits per heavy atom. The van der Waals surface area contributed by atoms with E-state index in [0.29, 0.717) is 0 Å². The molecule has 20 heavy (non-hydrogen) atoms. The molecule has 1 aromatic heterocycles. The van der Waals surface area contributed by atoms with Crippen molar-refractivity contribution in [1.29, 1.82) is 0 Å². The van der Waals surface area contributed by atoms with Crippen LogP contribution in [0.2, 0.25) is 0 Å². The Kier molecular flexibility index (Phi) is 6.03. The molecule has 0 fully saturated rings. The maximum absolute atomic E-state index is 5.64. The first-order valence-electron chi connectivity index (χ1n) is 6.44. The van der Waals surface area contributed by atoms with Gasteiger partial charge in [-0.15, -0.1) is 11.8 Å². The summed E-state index contributed by atoms with van der Waals surface area (Å²) in [4.78, 5) is 5.51. The third-order valence-electron chi connectivity index (χ3n) is 2.92. The molecule has 1 atom stereocenters. The van der Waals surface area contributed by atoms with Crippen LogP contribution < -0.4 is 11.3 Å². The molecule has 2 rings (SSSR count). The minimum Gasteiger partial charge on any atom is -0.271 e. The molecule has 5 nitrogen and oxygen atoms in total. The molecular formula is C13H18BrN5S. The Morgan fingerprint density at radius 1 is 1.40 bits per heavy atom. The smallest absolute Gasteiger partial charge is 0.138 e. The molecule has 0 saturated carbocycles. The van der Waals surface area contributed by atoms with E-state index in [-0.39, 0.29) is 6.04 Å². The molecule has 0 amide bonds. The lowest BCUT2D eigenvalue weighted by Crippen LogP contribution is -2.39. The van der Waals surface area contributed by atoms with Crippen LogP contribution in [0.5, 0.6) is 0 Å². The first kappa shape index (κ1) is 15.5. The van der Waals surface area contributed by atoms with Crippen molar-refractivity contribution in [2.45, 2.75) is 30.8 Å². The number of rotatable bonds is 7. The molecule has 0 spiro atoms. The van der Waals surface area contributed by atoms with Crippen LogP contribution >= 0.6 is 27.7 Å². The van der Waals surface area contributed by atoms with E-state index < -0.39 is 0 Å². The lowest BCUT2D eigenvalue weighted by molar-refractivity contribution is 0.527. The van der Waals surface area contributed by atoms with Gasteiger partial charge in [-0.3, -0.25) is 16.0 Å². The summed E-state index contributed by atoms with van der Waals surface area (Å²) in [5.74, 6) is 7.49. The van der Waals surface area contributed by atoms with E-state index in [0.717, 1.165) is 29.0 Å². The van der Waals surface area contributed by atoms with Gasteiger partial charge < -0.3 is 0 Å². The molecule has 3 N–H and O–H groups in total. The van der Waals surface area contributed by atoms with Crippen LogP contribution in [0.25, 0.3) is 0 Å². The minimum absolute atomic E-state index is 0.165.